The number of anilines is 1. The van der Waals surface area contributed by atoms with Crippen LogP contribution < -0.4 is 10.1 Å². The number of nitrogens with one attached hydrogen (secondary N) is 1. The van der Waals surface area contributed by atoms with Gasteiger partial charge in [0.25, 0.3) is 0 Å². The van der Waals surface area contributed by atoms with Gasteiger partial charge in [-0.15, -0.1) is 0 Å². The quantitative estimate of drug-likeness (QED) is 0.797. The molecule has 2 rings (SSSR count). The van der Waals surface area contributed by atoms with Crippen LogP contribution in [0.15, 0.2) is 12.4 Å². The van der Waals surface area contributed by atoms with Gasteiger partial charge in [-0.05, 0) is 32.1 Å². The van der Waals surface area contributed by atoms with E-state index in [4.69, 9.17) is 9.84 Å². The molecule has 1 aromatic heterocycles. The van der Waals surface area contributed by atoms with Crippen molar-refractivity contribution in [3.8, 4) is 5.88 Å². The minimum Gasteiger partial charge on any atom is -0.481 e. The van der Waals surface area contributed by atoms with Gasteiger partial charge in [0.15, 0.2) is 0 Å². The van der Waals surface area contributed by atoms with Crippen molar-refractivity contribution in [2.75, 3.05) is 11.9 Å². The first kappa shape index (κ1) is 14.6. The molecule has 0 atom stereocenters. The highest BCUT2D eigenvalue weighted by Gasteiger charge is 2.38. The summed E-state index contributed by atoms with van der Waals surface area (Å²) in [7, 11) is 0. The molecule has 1 saturated carbocycles. The normalized spacial score (nSPS) is 16.6. The average molecular weight is 279 g/mol. The van der Waals surface area contributed by atoms with E-state index in [2.05, 4.69) is 15.3 Å². The second-order valence-corrected chi connectivity index (χ2v) is 5.69. The molecule has 1 aromatic rings. The van der Waals surface area contributed by atoms with Crippen molar-refractivity contribution in [1.29, 1.82) is 0 Å². The highest BCUT2D eigenvalue weighted by molar-refractivity contribution is 5.68. The van der Waals surface area contributed by atoms with Crippen LogP contribution in [0.1, 0.15) is 39.5 Å². The molecule has 0 aromatic carbocycles. The van der Waals surface area contributed by atoms with Crippen LogP contribution in [-0.4, -0.2) is 33.7 Å². The molecule has 110 valence electrons. The summed E-state index contributed by atoms with van der Waals surface area (Å²) in [5.41, 5.74) is -0.136. The second-order valence-electron chi connectivity index (χ2n) is 5.69. The van der Waals surface area contributed by atoms with E-state index in [0.29, 0.717) is 18.2 Å². The fraction of sp³-hybridized carbons (Fsp3) is 0.643. The van der Waals surface area contributed by atoms with Gasteiger partial charge in [0, 0.05) is 6.54 Å². The molecular formula is C14H21N3O3. The fourth-order valence-corrected chi connectivity index (χ4v) is 2.42. The maximum absolute atomic E-state index is 10.9. The lowest BCUT2D eigenvalue weighted by Crippen LogP contribution is -2.38. The molecule has 1 aliphatic rings. The molecule has 6 heteroatoms. The number of nitrogens with zero attached hydrogens (tertiary/aromatic N) is 2. The molecule has 20 heavy (non-hydrogen) atoms. The zero-order valence-corrected chi connectivity index (χ0v) is 11.9. The lowest BCUT2D eigenvalue weighted by molar-refractivity contribution is -0.141. The van der Waals surface area contributed by atoms with Crippen LogP contribution in [0, 0.1) is 5.41 Å². The molecular weight excluding hydrogens is 258 g/mol. The van der Waals surface area contributed by atoms with Gasteiger partial charge in [0.2, 0.25) is 5.88 Å². The molecule has 0 spiro atoms. The van der Waals surface area contributed by atoms with Crippen molar-refractivity contribution in [1.82, 2.24) is 9.97 Å². The Morgan fingerprint density at radius 2 is 2.25 bits per heavy atom. The Morgan fingerprint density at radius 1 is 1.50 bits per heavy atom. The molecule has 0 bridgehead atoms. The van der Waals surface area contributed by atoms with Crippen molar-refractivity contribution in [3.05, 3.63) is 12.4 Å². The number of carboxylic acid groups (broad SMARTS) is 1. The topological polar surface area (TPSA) is 84.3 Å². The summed E-state index contributed by atoms with van der Waals surface area (Å²) in [6, 6.07) is 0. The van der Waals surface area contributed by atoms with Crippen molar-refractivity contribution in [2.24, 2.45) is 5.41 Å². The van der Waals surface area contributed by atoms with Crippen LogP contribution in [0.2, 0.25) is 0 Å². The van der Waals surface area contributed by atoms with E-state index in [1.54, 1.807) is 12.4 Å². The minimum absolute atomic E-state index is 0.0459. The first-order valence-electron chi connectivity index (χ1n) is 6.93. The van der Waals surface area contributed by atoms with E-state index in [0.717, 1.165) is 19.3 Å². The number of aliphatic carboxylic acids is 1. The Balaban J connectivity index is 1.94. The first-order chi connectivity index (χ1) is 9.49. The molecule has 0 unspecified atom stereocenters. The third-order valence-electron chi connectivity index (χ3n) is 3.55. The third kappa shape index (κ3) is 3.82. The van der Waals surface area contributed by atoms with Crippen molar-refractivity contribution >= 4 is 11.8 Å². The number of carbonyl (C=O) groups is 1. The van der Waals surface area contributed by atoms with E-state index < -0.39 is 5.97 Å². The zero-order valence-electron chi connectivity index (χ0n) is 11.9. The average Bonchev–Trinajstić information content (AvgIpc) is 2.31. The standard InChI is InChI=1S/C14H21N3O3/c1-10(2)20-12-8-15-7-11(17-12)16-9-14(4-3-5-14)6-13(18)19/h7-8,10H,3-6,9H2,1-2H3,(H,16,17)(H,18,19). The van der Waals surface area contributed by atoms with Crippen molar-refractivity contribution < 1.29 is 14.6 Å². The van der Waals surface area contributed by atoms with Crippen LogP contribution in [0.25, 0.3) is 0 Å². The maximum atomic E-state index is 10.9. The van der Waals surface area contributed by atoms with Crippen LogP contribution in [0.5, 0.6) is 5.88 Å². The molecule has 6 nitrogen and oxygen atoms in total. The summed E-state index contributed by atoms with van der Waals surface area (Å²) in [5.74, 6) is 0.361. The second kappa shape index (κ2) is 6.07. The van der Waals surface area contributed by atoms with Gasteiger partial charge in [-0.1, -0.05) is 6.42 Å². The van der Waals surface area contributed by atoms with Gasteiger partial charge in [-0.3, -0.25) is 9.78 Å². The summed E-state index contributed by atoms with van der Waals surface area (Å²) in [5, 5.41) is 12.2. The third-order valence-corrected chi connectivity index (χ3v) is 3.55. The van der Waals surface area contributed by atoms with E-state index in [1.165, 1.54) is 0 Å². The fourth-order valence-electron chi connectivity index (χ4n) is 2.42. The highest BCUT2D eigenvalue weighted by atomic mass is 16.5. The smallest absolute Gasteiger partial charge is 0.303 e. The number of ether oxygens (including phenoxy) is 1. The Morgan fingerprint density at radius 3 is 2.80 bits per heavy atom. The predicted octanol–water partition coefficient (Wildman–Crippen LogP) is 2.32. The summed E-state index contributed by atoms with van der Waals surface area (Å²) in [6.07, 6.45) is 6.43. The summed E-state index contributed by atoms with van der Waals surface area (Å²) in [6.45, 7) is 4.47. The number of hydrogen-bond donors (Lipinski definition) is 2. The summed E-state index contributed by atoms with van der Waals surface area (Å²) < 4.78 is 5.48. The molecule has 1 heterocycles. The molecule has 0 saturated heterocycles. The monoisotopic (exact) mass is 279 g/mol. The predicted molar refractivity (Wildman–Crippen MR) is 74.8 cm³/mol. The van der Waals surface area contributed by atoms with E-state index in [-0.39, 0.29) is 17.9 Å². The van der Waals surface area contributed by atoms with Crippen LogP contribution in [-0.2, 0) is 4.79 Å². The van der Waals surface area contributed by atoms with Gasteiger partial charge in [-0.25, -0.2) is 0 Å². The van der Waals surface area contributed by atoms with Crippen LogP contribution in [0.3, 0.4) is 0 Å². The number of carboxylic acids is 1. The summed E-state index contributed by atoms with van der Waals surface area (Å²) in [4.78, 5) is 19.3. The van der Waals surface area contributed by atoms with Gasteiger partial charge in [0.1, 0.15) is 5.82 Å². The number of rotatable bonds is 7. The molecule has 0 aliphatic heterocycles. The van der Waals surface area contributed by atoms with E-state index >= 15 is 0 Å². The maximum Gasteiger partial charge on any atom is 0.303 e. The minimum atomic E-state index is -0.741. The van der Waals surface area contributed by atoms with E-state index in [1.807, 2.05) is 13.8 Å². The Bertz CT molecular complexity index is 472. The lowest BCUT2D eigenvalue weighted by Gasteiger charge is -2.40. The Labute approximate surface area is 118 Å². The lowest BCUT2D eigenvalue weighted by atomic mass is 9.66. The molecule has 2 N–H and O–H groups in total. The Kier molecular flexibility index (Phi) is 4.42. The molecule has 1 fully saturated rings. The van der Waals surface area contributed by atoms with Crippen molar-refractivity contribution in [3.63, 3.8) is 0 Å². The van der Waals surface area contributed by atoms with Crippen LogP contribution >= 0.6 is 0 Å². The Hall–Kier alpha value is -1.85. The molecule has 0 amide bonds. The highest BCUT2D eigenvalue weighted by Crippen LogP contribution is 2.43. The van der Waals surface area contributed by atoms with Crippen LogP contribution in [0.4, 0.5) is 5.82 Å². The molecule has 1 aliphatic carbocycles. The molecule has 0 radical (unpaired) electrons. The number of aromatic nitrogens is 2. The van der Waals surface area contributed by atoms with Gasteiger partial charge in [0.05, 0.1) is 24.9 Å². The SMILES string of the molecule is CC(C)Oc1cncc(NCC2(CC(=O)O)CCC2)n1. The summed E-state index contributed by atoms with van der Waals surface area (Å²) >= 11 is 0. The largest absolute Gasteiger partial charge is 0.481 e. The van der Waals surface area contributed by atoms with Gasteiger partial charge >= 0.3 is 5.97 Å². The van der Waals surface area contributed by atoms with E-state index in [9.17, 15) is 4.79 Å². The van der Waals surface area contributed by atoms with Gasteiger partial charge in [-0.2, -0.15) is 4.98 Å². The first-order valence-corrected chi connectivity index (χ1v) is 6.93. The van der Waals surface area contributed by atoms with Crippen molar-refractivity contribution in [2.45, 2.75) is 45.6 Å². The zero-order chi connectivity index (χ0) is 14.6. The van der Waals surface area contributed by atoms with Gasteiger partial charge < -0.3 is 15.2 Å². The number of hydrogen-bond acceptors (Lipinski definition) is 5.